The molecule has 0 N–H and O–H groups in total. The van der Waals surface area contributed by atoms with Crippen molar-refractivity contribution in [3.63, 3.8) is 0 Å². The molecule has 0 saturated carbocycles. The van der Waals surface area contributed by atoms with Gasteiger partial charge in [-0.1, -0.05) is 30.3 Å². The van der Waals surface area contributed by atoms with Crippen LogP contribution in [0.5, 0.6) is 0 Å². The van der Waals surface area contributed by atoms with Gasteiger partial charge in [0, 0.05) is 25.7 Å². The third-order valence-corrected chi connectivity index (χ3v) is 4.21. The van der Waals surface area contributed by atoms with Crippen LogP contribution in [0.15, 0.2) is 30.3 Å². The van der Waals surface area contributed by atoms with E-state index < -0.39 is 12.1 Å². The first kappa shape index (κ1) is 19.8. The van der Waals surface area contributed by atoms with Crippen LogP contribution in [0.1, 0.15) is 18.4 Å². The number of hydrogen-bond donors (Lipinski definition) is 0. The lowest BCUT2D eigenvalue weighted by Crippen LogP contribution is -2.49. The van der Waals surface area contributed by atoms with Crippen molar-refractivity contribution in [1.82, 2.24) is 9.80 Å². The molecular formula is C16H22ClF3N2O. The van der Waals surface area contributed by atoms with Gasteiger partial charge in [0.2, 0.25) is 0 Å². The van der Waals surface area contributed by atoms with Gasteiger partial charge in [0.25, 0.3) is 0 Å². The maximum Gasteiger partial charge on any atom is 0.471 e. The van der Waals surface area contributed by atoms with Gasteiger partial charge in [-0.2, -0.15) is 13.2 Å². The van der Waals surface area contributed by atoms with E-state index in [-0.39, 0.29) is 31.5 Å². The number of nitrogens with zero attached hydrogens (tertiary/aromatic N) is 2. The van der Waals surface area contributed by atoms with Gasteiger partial charge in [0.1, 0.15) is 0 Å². The number of likely N-dealkylation sites (N-methyl/N-ethyl adjacent to an activating group) is 1. The number of piperidine rings is 1. The van der Waals surface area contributed by atoms with Gasteiger partial charge in [0.15, 0.2) is 0 Å². The zero-order valence-electron chi connectivity index (χ0n) is 13.1. The van der Waals surface area contributed by atoms with Crippen molar-refractivity contribution in [3.05, 3.63) is 35.9 Å². The standard InChI is InChI=1S/C16H21F3N2O.ClH/c1-20(10-7-13-5-3-2-4-6-13)14-8-11-21(12-9-14)15(22)16(17,18)19;/h2-6,14H,7-12H2,1H3;1H. The van der Waals surface area contributed by atoms with Gasteiger partial charge in [-0.25, -0.2) is 0 Å². The summed E-state index contributed by atoms with van der Waals surface area (Å²) in [4.78, 5) is 14.3. The van der Waals surface area contributed by atoms with Crippen LogP contribution in [-0.2, 0) is 11.2 Å². The normalized spacial score (nSPS) is 16.3. The van der Waals surface area contributed by atoms with Crippen LogP contribution in [0.4, 0.5) is 13.2 Å². The minimum atomic E-state index is -4.76. The van der Waals surface area contributed by atoms with Gasteiger partial charge < -0.3 is 9.80 Å². The van der Waals surface area contributed by atoms with Crippen molar-refractivity contribution >= 4 is 18.3 Å². The molecule has 1 aromatic rings. The van der Waals surface area contributed by atoms with E-state index in [0.717, 1.165) is 17.9 Å². The Hall–Kier alpha value is -1.27. The number of halogens is 4. The molecule has 1 heterocycles. The molecule has 1 saturated heterocycles. The Bertz CT molecular complexity index is 488. The smallest absolute Gasteiger partial charge is 0.335 e. The number of likely N-dealkylation sites (tertiary alicyclic amines) is 1. The highest BCUT2D eigenvalue weighted by atomic mass is 35.5. The van der Waals surface area contributed by atoms with E-state index in [9.17, 15) is 18.0 Å². The molecule has 23 heavy (non-hydrogen) atoms. The molecule has 0 aliphatic carbocycles. The molecule has 0 unspecified atom stereocenters. The molecule has 1 amide bonds. The van der Waals surface area contributed by atoms with Crippen molar-refractivity contribution in [2.45, 2.75) is 31.5 Å². The van der Waals surface area contributed by atoms with Crippen LogP contribution >= 0.6 is 12.4 Å². The minimum Gasteiger partial charge on any atom is -0.335 e. The SMILES string of the molecule is CN(CCc1ccccc1)C1CCN(C(=O)C(F)(F)F)CC1.Cl. The Kier molecular flexibility index (Phi) is 7.35. The van der Waals surface area contributed by atoms with Gasteiger partial charge >= 0.3 is 12.1 Å². The molecule has 3 nitrogen and oxygen atoms in total. The van der Waals surface area contributed by atoms with Gasteiger partial charge in [0.05, 0.1) is 0 Å². The molecule has 0 spiro atoms. The molecule has 0 bridgehead atoms. The summed E-state index contributed by atoms with van der Waals surface area (Å²) in [5, 5.41) is 0. The lowest BCUT2D eigenvalue weighted by molar-refractivity contribution is -0.186. The largest absolute Gasteiger partial charge is 0.471 e. The average Bonchev–Trinajstić information content (AvgIpc) is 2.52. The molecule has 2 rings (SSSR count). The molecule has 0 atom stereocenters. The number of rotatable bonds is 4. The van der Waals surface area contributed by atoms with E-state index in [1.807, 2.05) is 25.2 Å². The molecule has 1 aliphatic heterocycles. The lowest BCUT2D eigenvalue weighted by Gasteiger charge is -2.37. The highest BCUT2D eigenvalue weighted by molar-refractivity contribution is 5.85. The van der Waals surface area contributed by atoms with Crippen LogP contribution in [0.2, 0.25) is 0 Å². The molecule has 1 aliphatic rings. The number of carbonyl (C=O) groups is 1. The van der Waals surface area contributed by atoms with Crippen molar-refractivity contribution in [3.8, 4) is 0 Å². The fourth-order valence-corrected chi connectivity index (χ4v) is 2.82. The zero-order chi connectivity index (χ0) is 16.2. The van der Waals surface area contributed by atoms with Crippen molar-refractivity contribution in [1.29, 1.82) is 0 Å². The fraction of sp³-hybridized carbons (Fsp3) is 0.562. The Morgan fingerprint density at radius 1 is 1.22 bits per heavy atom. The van der Waals surface area contributed by atoms with Gasteiger partial charge in [-0.05, 0) is 31.9 Å². The summed E-state index contributed by atoms with van der Waals surface area (Å²) in [6.45, 7) is 1.22. The number of benzene rings is 1. The summed E-state index contributed by atoms with van der Waals surface area (Å²) in [6.07, 6.45) is -2.66. The second-order valence-corrected chi connectivity index (χ2v) is 5.74. The molecule has 0 aromatic heterocycles. The third kappa shape index (κ3) is 5.70. The topological polar surface area (TPSA) is 23.6 Å². The maximum atomic E-state index is 12.4. The molecule has 130 valence electrons. The highest BCUT2D eigenvalue weighted by Gasteiger charge is 2.43. The number of amides is 1. The summed E-state index contributed by atoms with van der Waals surface area (Å²) >= 11 is 0. The minimum absolute atomic E-state index is 0. The van der Waals surface area contributed by atoms with Crippen molar-refractivity contribution < 1.29 is 18.0 Å². The summed E-state index contributed by atoms with van der Waals surface area (Å²) in [5.41, 5.74) is 1.25. The zero-order valence-corrected chi connectivity index (χ0v) is 13.9. The fourth-order valence-electron chi connectivity index (χ4n) is 2.82. The second kappa shape index (κ2) is 8.55. The van der Waals surface area contributed by atoms with E-state index >= 15 is 0 Å². The van der Waals surface area contributed by atoms with E-state index in [1.54, 1.807) is 0 Å². The van der Waals surface area contributed by atoms with Crippen LogP contribution in [0.25, 0.3) is 0 Å². The number of alkyl halides is 3. The van der Waals surface area contributed by atoms with E-state index in [0.29, 0.717) is 12.8 Å². The molecule has 7 heteroatoms. The summed E-state index contributed by atoms with van der Waals surface area (Å²) in [5.74, 6) is -1.71. The predicted molar refractivity (Wildman–Crippen MR) is 85.7 cm³/mol. The highest BCUT2D eigenvalue weighted by Crippen LogP contribution is 2.23. The van der Waals surface area contributed by atoms with Crippen LogP contribution in [-0.4, -0.2) is 54.6 Å². The number of carbonyl (C=O) groups excluding carboxylic acids is 1. The maximum absolute atomic E-state index is 12.4. The van der Waals surface area contributed by atoms with Gasteiger partial charge in [-0.15, -0.1) is 12.4 Å². The van der Waals surface area contributed by atoms with E-state index in [4.69, 9.17) is 0 Å². The first-order valence-corrected chi connectivity index (χ1v) is 7.48. The Balaban J connectivity index is 0.00000264. The van der Waals surface area contributed by atoms with Gasteiger partial charge in [-0.3, -0.25) is 4.79 Å². The van der Waals surface area contributed by atoms with E-state index in [2.05, 4.69) is 17.0 Å². The van der Waals surface area contributed by atoms with Crippen molar-refractivity contribution in [2.24, 2.45) is 0 Å². The Morgan fingerprint density at radius 3 is 2.30 bits per heavy atom. The number of hydrogen-bond acceptors (Lipinski definition) is 2. The first-order chi connectivity index (χ1) is 10.4. The molecule has 1 fully saturated rings. The van der Waals surface area contributed by atoms with Crippen LogP contribution < -0.4 is 0 Å². The third-order valence-electron chi connectivity index (χ3n) is 4.21. The molecular weight excluding hydrogens is 329 g/mol. The molecule has 1 aromatic carbocycles. The van der Waals surface area contributed by atoms with Crippen molar-refractivity contribution in [2.75, 3.05) is 26.7 Å². The monoisotopic (exact) mass is 350 g/mol. The quantitative estimate of drug-likeness (QED) is 0.833. The Morgan fingerprint density at radius 2 is 1.78 bits per heavy atom. The summed E-state index contributed by atoms with van der Waals surface area (Å²) in [6, 6.07) is 10.3. The second-order valence-electron chi connectivity index (χ2n) is 5.74. The summed E-state index contributed by atoms with van der Waals surface area (Å²) < 4.78 is 37.2. The van der Waals surface area contributed by atoms with Crippen LogP contribution in [0.3, 0.4) is 0 Å². The van der Waals surface area contributed by atoms with Crippen LogP contribution in [0, 0.1) is 0 Å². The van der Waals surface area contributed by atoms with E-state index in [1.165, 1.54) is 5.56 Å². The predicted octanol–water partition coefficient (Wildman–Crippen LogP) is 3.14. The lowest BCUT2D eigenvalue weighted by atomic mass is 10.0. The Labute approximate surface area is 140 Å². The average molecular weight is 351 g/mol. The summed E-state index contributed by atoms with van der Waals surface area (Å²) in [7, 11) is 1.99. The molecule has 0 radical (unpaired) electrons. The first-order valence-electron chi connectivity index (χ1n) is 7.48.